The SMILES string of the molecule is C=CC(=O)N1CCC(N2NC(c3ccc(Cl)c(C(F)(F)F)c3)C(C(N)=O)=C2N)CC1. The van der Waals surface area contributed by atoms with Crippen LogP contribution in [0, 0.1) is 0 Å². The van der Waals surface area contributed by atoms with Crippen LogP contribution in [0.1, 0.15) is 30.0 Å². The lowest BCUT2D eigenvalue weighted by atomic mass is 9.97. The van der Waals surface area contributed by atoms with Crippen LogP contribution < -0.4 is 16.9 Å². The standard InChI is InChI=1S/C19H21ClF3N5O2/c1-2-14(29)27-7-5-11(6-8-27)28-17(24)15(18(25)30)16(26-28)10-3-4-13(20)12(9-10)19(21,22)23/h2-4,9,11,16,26H,1,5-8,24H2,(H2,25,30). The number of nitrogens with zero attached hydrogens (tertiary/aromatic N) is 2. The van der Waals surface area contributed by atoms with E-state index in [1.807, 2.05) is 0 Å². The molecule has 0 saturated carbocycles. The fraction of sp³-hybridized carbons (Fsp3) is 0.368. The van der Waals surface area contributed by atoms with Crippen molar-refractivity contribution in [2.75, 3.05) is 13.1 Å². The Labute approximate surface area is 176 Å². The highest BCUT2D eigenvalue weighted by Crippen LogP contribution is 2.39. The molecule has 0 aromatic heterocycles. The highest BCUT2D eigenvalue weighted by Gasteiger charge is 2.40. The number of benzene rings is 1. The molecule has 1 unspecified atom stereocenters. The van der Waals surface area contributed by atoms with Crippen LogP contribution in [0.25, 0.3) is 0 Å². The molecular formula is C19H21ClF3N5O2. The third-order valence-electron chi connectivity index (χ3n) is 5.30. The van der Waals surface area contributed by atoms with Crippen LogP contribution in [0.4, 0.5) is 13.2 Å². The fourth-order valence-corrected chi connectivity index (χ4v) is 4.00. The van der Waals surface area contributed by atoms with Gasteiger partial charge in [0.2, 0.25) is 11.8 Å². The topological polar surface area (TPSA) is 105 Å². The van der Waals surface area contributed by atoms with E-state index in [4.69, 9.17) is 23.1 Å². The molecule has 11 heteroatoms. The number of alkyl halides is 3. The van der Waals surface area contributed by atoms with Crippen molar-refractivity contribution < 1.29 is 22.8 Å². The molecule has 30 heavy (non-hydrogen) atoms. The first-order valence-corrected chi connectivity index (χ1v) is 9.55. The molecule has 2 heterocycles. The van der Waals surface area contributed by atoms with Crippen molar-refractivity contribution in [1.82, 2.24) is 15.3 Å². The Morgan fingerprint density at radius 1 is 1.27 bits per heavy atom. The normalized spacial score (nSPS) is 20.6. The molecule has 0 bridgehead atoms. The summed E-state index contributed by atoms with van der Waals surface area (Å²) in [5, 5.41) is 1.11. The van der Waals surface area contributed by atoms with E-state index < -0.39 is 28.7 Å². The number of nitrogens with two attached hydrogens (primary N) is 2. The van der Waals surface area contributed by atoms with Crippen molar-refractivity contribution >= 4 is 23.4 Å². The van der Waals surface area contributed by atoms with Crippen LogP contribution in [0.2, 0.25) is 5.02 Å². The van der Waals surface area contributed by atoms with Crippen LogP contribution in [0.15, 0.2) is 42.2 Å². The molecular weight excluding hydrogens is 423 g/mol. The van der Waals surface area contributed by atoms with Crippen LogP contribution >= 0.6 is 11.6 Å². The molecule has 0 radical (unpaired) electrons. The van der Waals surface area contributed by atoms with Crippen LogP contribution in [-0.4, -0.2) is 40.9 Å². The third kappa shape index (κ3) is 4.10. The summed E-state index contributed by atoms with van der Waals surface area (Å²) >= 11 is 5.70. The van der Waals surface area contributed by atoms with Crippen LogP contribution in [-0.2, 0) is 15.8 Å². The first-order valence-electron chi connectivity index (χ1n) is 9.17. The Hall–Kier alpha value is -2.72. The number of nitrogens with one attached hydrogen (secondary N) is 1. The maximum absolute atomic E-state index is 13.3. The summed E-state index contributed by atoms with van der Waals surface area (Å²) in [6, 6.07) is 2.27. The van der Waals surface area contributed by atoms with Gasteiger partial charge in [-0.3, -0.25) is 14.6 Å². The largest absolute Gasteiger partial charge is 0.417 e. The summed E-state index contributed by atoms with van der Waals surface area (Å²) in [4.78, 5) is 25.5. The van der Waals surface area contributed by atoms with Gasteiger partial charge in [0.25, 0.3) is 0 Å². The van der Waals surface area contributed by atoms with Crippen LogP contribution in [0.5, 0.6) is 0 Å². The predicted octanol–water partition coefficient (Wildman–Crippen LogP) is 2.05. The van der Waals surface area contributed by atoms with Crippen molar-refractivity contribution in [2.45, 2.75) is 31.1 Å². The van der Waals surface area contributed by atoms with Gasteiger partial charge in [-0.15, -0.1) is 0 Å². The molecule has 2 aliphatic rings. The monoisotopic (exact) mass is 443 g/mol. The molecule has 2 aliphatic heterocycles. The van der Waals surface area contributed by atoms with Crippen LogP contribution in [0.3, 0.4) is 0 Å². The zero-order chi connectivity index (χ0) is 22.2. The van der Waals surface area contributed by atoms with Crippen molar-refractivity contribution in [3.63, 3.8) is 0 Å². The minimum atomic E-state index is -4.65. The van der Waals surface area contributed by atoms with E-state index in [0.29, 0.717) is 25.9 Å². The van der Waals surface area contributed by atoms with Gasteiger partial charge in [0.05, 0.1) is 28.2 Å². The maximum atomic E-state index is 13.3. The lowest BCUT2D eigenvalue weighted by Gasteiger charge is -2.37. The Morgan fingerprint density at radius 2 is 1.90 bits per heavy atom. The number of primary amides is 1. The predicted molar refractivity (Wildman–Crippen MR) is 104 cm³/mol. The van der Waals surface area contributed by atoms with E-state index in [2.05, 4.69) is 12.0 Å². The number of hydrogen-bond acceptors (Lipinski definition) is 5. The second-order valence-corrected chi connectivity index (χ2v) is 7.50. The van der Waals surface area contributed by atoms with Crippen molar-refractivity contribution in [3.8, 4) is 0 Å². The molecule has 7 nitrogen and oxygen atoms in total. The zero-order valence-corrected chi connectivity index (χ0v) is 16.6. The van der Waals surface area contributed by atoms with Gasteiger partial charge < -0.3 is 16.4 Å². The number of piperidine rings is 1. The minimum Gasteiger partial charge on any atom is -0.384 e. The van der Waals surface area contributed by atoms with E-state index in [1.165, 1.54) is 12.1 Å². The molecule has 2 amide bonds. The number of rotatable bonds is 4. The maximum Gasteiger partial charge on any atom is 0.417 e. The number of hydrazine groups is 1. The average molecular weight is 444 g/mol. The van der Waals surface area contributed by atoms with Gasteiger partial charge in [-0.25, -0.2) is 5.43 Å². The molecule has 1 fully saturated rings. The Balaban J connectivity index is 1.88. The Bertz CT molecular complexity index is 910. The minimum absolute atomic E-state index is 0.0185. The number of hydrogen-bond donors (Lipinski definition) is 3. The smallest absolute Gasteiger partial charge is 0.384 e. The molecule has 1 saturated heterocycles. The van der Waals surface area contributed by atoms with E-state index in [0.717, 1.165) is 12.1 Å². The van der Waals surface area contributed by atoms with E-state index in [9.17, 15) is 22.8 Å². The van der Waals surface area contributed by atoms with E-state index >= 15 is 0 Å². The van der Waals surface area contributed by atoms with Gasteiger partial charge in [-0.1, -0.05) is 24.2 Å². The first-order chi connectivity index (χ1) is 14.0. The molecule has 0 spiro atoms. The van der Waals surface area contributed by atoms with Crippen molar-refractivity contribution in [1.29, 1.82) is 0 Å². The number of halogens is 4. The Kier molecular flexibility index (Phi) is 6.00. The molecule has 5 N–H and O–H groups in total. The summed E-state index contributed by atoms with van der Waals surface area (Å²) in [5.41, 5.74) is 13.8. The average Bonchev–Trinajstić information content (AvgIpc) is 3.04. The summed E-state index contributed by atoms with van der Waals surface area (Å²) in [6.07, 6.45) is -2.33. The first kappa shape index (κ1) is 22.0. The molecule has 1 aromatic carbocycles. The van der Waals surface area contributed by atoms with Crippen molar-refractivity contribution in [2.24, 2.45) is 11.5 Å². The lowest BCUT2D eigenvalue weighted by molar-refractivity contribution is -0.137. The highest BCUT2D eigenvalue weighted by atomic mass is 35.5. The van der Waals surface area contributed by atoms with Gasteiger partial charge in [0, 0.05) is 13.1 Å². The zero-order valence-electron chi connectivity index (χ0n) is 15.9. The van der Waals surface area contributed by atoms with Gasteiger partial charge in [0.1, 0.15) is 5.82 Å². The molecule has 1 atom stereocenters. The van der Waals surface area contributed by atoms with Gasteiger partial charge in [0.15, 0.2) is 0 Å². The molecule has 0 aliphatic carbocycles. The number of carbonyl (C=O) groups excluding carboxylic acids is 2. The van der Waals surface area contributed by atoms with Crippen molar-refractivity contribution in [3.05, 3.63) is 58.4 Å². The fourth-order valence-electron chi connectivity index (χ4n) is 3.78. The lowest BCUT2D eigenvalue weighted by Crippen LogP contribution is -2.50. The third-order valence-corrected chi connectivity index (χ3v) is 5.63. The summed E-state index contributed by atoms with van der Waals surface area (Å²) < 4.78 is 39.8. The molecule has 162 valence electrons. The number of amides is 2. The summed E-state index contributed by atoms with van der Waals surface area (Å²) in [5.74, 6) is -0.956. The summed E-state index contributed by atoms with van der Waals surface area (Å²) in [6.45, 7) is 4.38. The molecule has 3 rings (SSSR count). The van der Waals surface area contributed by atoms with Gasteiger partial charge >= 0.3 is 6.18 Å². The Morgan fingerprint density at radius 3 is 2.43 bits per heavy atom. The summed E-state index contributed by atoms with van der Waals surface area (Å²) in [7, 11) is 0. The second kappa shape index (κ2) is 8.19. The second-order valence-electron chi connectivity index (χ2n) is 7.09. The van der Waals surface area contributed by atoms with Gasteiger partial charge in [-0.05, 0) is 36.6 Å². The molecule has 1 aromatic rings. The number of likely N-dealkylation sites (tertiary alicyclic amines) is 1. The number of carbonyl (C=O) groups is 2. The van der Waals surface area contributed by atoms with E-state index in [1.54, 1.807) is 9.91 Å². The van der Waals surface area contributed by atoms with E-state index in [-0.39, 0.29) is 28.9 Å². The highest BCUT2D eigenvalue weighted by molar-refractivity contribution is 6.31. The quantitative estimate of drug-likeness (QED) is 0.618. The van der Waals surface area contributed by atoms with Gasteiger partial charge in [-0.2, -0.15) is 13.2 Å².